The van der Waals surface area contributed by atoms with Crippen LogP contribution in [-0.2, 0) is 0 Å². The molecule has 0 spiro atoms. The van der Waals surface area contributed by atoms with Crippen molar-refractivity contribution in [1.82, 2.24) is 0 Å². The SMILES string of the molecule is Cc1cccc(N(C)C(CN)c2ccccc2Cl)c1. The van der Waals surface area contributed by atoms with Gasteiger partial charge >= 0.3 is 0 Å². The molecular formula is C16H19ClN2. The molecule has 100 valence electrons. The summed E-state index contributed by atoms with van der Waals surface area (Å²) in [6, 6.07) is 16.3. The highest BCUT2D eigenvalue weighted by atomic mass is 35.5. The van der Waals surface area contributed by atoms with Crippen molar-refractivity contribution in [2.24, 2.45) is 5.73 Å². The molecule has 0 radical (unpaired) electrons. The van der Waals surface area contributed by atoms with Crippen molar-refractivity contribution < 1.29 is 0 Å². The third-order valence-corrected chi connectivity index (χ3v) is 3.71. The second-order valence-electron chi connectivity index (χ2n) is 4.72. The third kappa shape index (κ3) is 3.09. The van der Waals surface area contributed by atoms with Crippen LogP contribution in [0, 0.1) is 6.92 Å². The average molecular weight is 275 g/mol. The predicted molar refractivity (Wildman–Crippen MR) is 82.8 cm³/mol. The number of aryl methyl sites for hydroxylation is 1. The van der Waals surface area contributed by atoms with Gasteiger partial charge in [-0.2, -0.15) is 0 Å². The quantitative estimate of drug-likeness (QED) is 0.919. The van der Waals surface area contributed by atoms with E-state index in [1.54, 1.807) is 0 Å². The molecule has 1 atom stereocenters. The highest BCUT2D eigenvalue weighted by Crippen LogP contribution is 2.29. The van der Waals surface area contributed by atoms with Crippen LogP contribution in [0.2, 0.25) is 5.02 Å². The molecule has 2 rings (SSSR count). The molecule has 0 aliphatic rings. The molecule has 3 heteroatoms. The van der Waals surface area contributed by atoms with Crippen molar-refractivity contribution in [3.63, 3.8) is 0 Å². The molecule has 2 aromatic rings. The van der Waals surface area contributed by atoms with E-state index in [1.807, 2.05) is 24.3 Å². The van der Waals surface area contributed by atoms with E-state index in [-0.39, 0.29) is 6.04 Å². The first kappa shape index (κ1) is 13.9. The molecule has 2 N–H and O–H groups in total. The van der Waals surface area contributed by atoms with Crippen LogP contribution in [0.1, 0.15) is 17.2 Å². The van der Waals surface area contributed by atoms with E-state index in [1.165, 1.54) is 5.56 Å². The minimum Gasteiger partial charge on any atom is -0.366 e. The van der Waals surface area contributed by atoms with Crippen molar-refractivity contribution in [3.05, 3.63) is 64.7 Å². The normalized spacial score (nSPS) is 12.2. The Hall–Kier alpha value is -1.51. The molecule has 0 saturated heterocycles. The summed E-state index contributed by atoms with van der Waals surface area (Å²) in [6.45, 7) is 2.61. The van der Waals surface area contributed by atoms with E-state index in [4.69, 9.17) is 17.3 Å². The summed E-state index contributed by atoms with van der Waals surface area (Å²) in [7, 11) is 2.05. The molecule has 0 bridgehead atoms. The Morgan fingerprint density at radius 1 is 1.16 bits per heavy atom. The van der Waals surface area contributed by atoms with Gasteiger partial charge in [0, 0.05) is 24.3 Å². The van der Waals surface area contributed by atoms with E-state index >= 15 is 0 Å². The summed E-state index contributed by atoms with van der Waals surface area (Å²) in [5.41, 5.74) is 9.40. The molecular weight excluding hydrogens is 256 g/mol. The van der Waals surface area contributed by atoms with Crippen LogP contribution in [-0.4, -0.2) is 13.6 Å². The van der Waals surface area contributed by atoms with Gasteiger partial charge in [-0.1, -0.05) is 41.9 Å². The number of nitrogens with two attached hydrogens (primary N) is 1. The fourth-order valence-electron chi connectivity index (χ4n) is 2.27. The molecule has 0 aromatic heterocycles. The summed E-state index contributed by atoms with van der Waals surface area (Å²) < 4.78 is 0. The van der Waals surface area contributed by atoms with Gasteiger partial charge < -0.3 is 10.6 Å². The Kier molecular flexibility index (Phi) is 4.46. The first-order chi connectivity index (χ1) is 9.13. The number of rotatable bonds is 4. The monoisotopic (exact) mass is 274 g/mol. The average Bonchev–Trinajstić information content (AvgIpc) is 2.41. The number of hydrogen-bond donors (Lipinski definition) is 1. The van der Waals surface area contributed by atoms with Crippen molar-refractivity contribution in [1.29, 1.82) is 0 Å². The zero-order valence-corrected chi connectivity index (χ0v) is 12.1. The van der Waals surface area contributed by atoms with Crippen LogP contribution in [0.3, 0.4) is 0 Å². The fourth-order valence-corrected chi connectivity index (χ4v) is 2.53. The maximum absolute atomic E-state index is 6.28. The molecule has 1 unspecified atom stereocenters. The molecule has 0 saturated carbocycles. The molecule has 2 nitrogen and oxygen atoms in total. The van der Waals surface area contributed by atoms with Gasteiger partial charge in [0.1, 0.15) is 0 Å². The number of halogens is 1. The van der Waals surface area contributed by atoms with Gasteiger partial charge in [-0.3, -0.25) is 0 Å². The van der Waals surface area contributed by atoms with E-state index in [0.717, 1.165) is 16.3 Å². The lowest BCUT2D eigenvalue weighted by Crippen LogP contribution is -2.30. The van der Waals surface area contributed by atoms with Crippen LogP contribution < -0.4 is 10.6 Å². The lowest BCUT2D eigenvalue weighted by atomic mass is 10.0. The number of benzene rings is 2. The van der Waals surface area contributed by atoms with Crippen LogP contribution in [0.4, 0.5) is 5.69 Å². The zero-order chi connectivity index (χ0) is 13.8. The Labute approximate surface area is 119 Å². The Morgan fingerprint density at radius 3 is 2.53 bits per heavy atom. The lowest BCUT2D eigenvalue weighted by Gasteiger charge is -2.30. The van der Waals surface area contributed by atoms with Gasteiger partial charge in [-0.05, 0) is 36.2 Å². The third-order valence-electron chi connectivity index (χ3n) is 3.36. The van der Waals surface area contributed by atoms with Crippen LogP contribution in [0.15, 0.2) is 48.5 Å². The first-order valence-corrected chi connectivity index (χ1v) is 6.75. The number of nitrogens with zero attached hydrogens (tertiary/aromatic N) is 1. The van der Waals surface area contributed by atoms with Crippen LogP contribution in [0.25, 0.3) is 0 Å². The van der Waals surface area contributed by atoms with Crippen LogP contribution >= 0.6 is 11.6 Å². The van der Waals surface area contributed by atoms with Gasteiger partial charge in [-0.25, -0.2) is 0 Å². The van der Waals surface area contributed by atoms with Gasteiger partial charge in [0.05, 0.1) is 6.04 Å². The topological polar surface area (TPSA) is 29.3 Å². The molecule has 0 aliphatic carbocycles. The largest absolute Gasteiger partial charge is 0.366 e. The second kappa shape index (κ2) is 6.09. The number of hydrogen-bond acceptors (Lipinski definition) is 2. The van der Waals surface area contributed by atoms with E-state index in [2.05, 4.69) is 43.1 Å². The van der Waals surface area contributed by atoms with Gasteiger partial charge in [0.25, 0.3) is 0 Å². The van der Waals surface area contributed by atoms with Gasteiger partial charge in [0.15, 0.2) is 0 Å². The predicted octanol–water partition coefficient (Wildman–Crippen LogP) is 3.78. The molecule has 0 heterocycles. The van der Waals surface area contributed by atoms with Crippen LogP contribution in [0.5, 0.6) is 0 Å². The summed E-state index contributed by atoms with van der Waals surface area (Å²) in [5.74, 6) is 0. The minimum absolute atomic E-state index is 0.0792. The summed E-state index contributed by atoms with van der Waals surface area (Å²) >= 11 is 6.28. The maximum Gasteiger partial charge on any atom is 0.0676 e. The second-order valence-corrected chi connectivity index (χ2v) is 5.13. The summed E-state index contributed by atoms with van der Waals surface area (Å²) in [5, 5.41) is 0.762. The zero-order valence-electron chi connectivity index (χ0n) is 11.3. The number of likely N-dealkylation sites (N-methyl/N-ethyl adjacent to an activating group) is 1. The Morgan fingerprint density at radius 2 is 1.89 bits per heavy atom. The molecule has 2 aromatic carbocycles. The highest BCUT2D eigenvalue weighted by Gasteiger charge is 2.18. The van der Waals surface area contributed by atoms with Crippen molar-refractivity contribution >= 4 is 17.3 Å². The van der Waals surface area contributed by atoms with Gasteiger partial charge in [0.2, 0.25) is 0 Å². The molecule has 19 heavy (non-hydrogen) atoms. The fraction of sp³-hybridized carbons (Fsp3) is 0.250. The Balaban J connectivity index is 2.35. The van der Waals surface area contributed by atoms with E-state index in [9.17, 15) is 0 Å². The van der Waals surface area contributed by atoms with Crippen molar-refractivity contribution in [2.75, 3.05) is 18.5 Å². The smallest absolute Gasteiger partial charge is 0.0676 e. The summed E-state index contributed by atoms with van der Waals surface area (Å²) in [6.07, 6.45) is 0. The van der Waals surface area contributed by atoms with Gasteiger partial charge in [-0.15, -0.1) is 0 Å². The van der Waals surface area contributed by atoms with E-state index < -0.39 is 0 Å². The Bertz CT molecular complexity index is 554. The van der Waals surface area contributed by atoms with E-state index in [0.29, 0.717) is 6.54 Å². The number of anilines is 1. The molecule has 0 fully saturated rings. The minimum atomic E-state index is 0.0792. The van der Waals surface area contributed by atoms with Crippen molar-refractivity contribution in [2.45, 2.75) is 13.0 Å². The highest BCUT2D eigenvalue weighted by molar-refractivity contribution is 6.31. The standard InChI is InChI=1S/C16H19ClN2/c1-12-6-5-7-13(10-12)19(2)16(11-18)14-8-3-4-9-15(14)17/h3-10,16H,11,18H2,1-2H3. The first-order valence-electron chi connectivity index (χ1n) is 6.37. The van der Waals surface area contributed by atoms with Crippen molar-refractivity contribution in [3.8, 4) is 0 Å². The molecule has 0 amide bonds. The maximum atomic E-state index is 6.28. The summed E-state index contributed by atoms with van der Waals surface area (Å²) in [4.78, 5) is 2.17. The molecule has 0 aliphatic heterocycles. The lowest BCUT2D eigenvalue weighted by molar-refractivity contribution is 0.681.